The van der Waals surface area contributed by atoms with Crippen LogP contribution in [0.1, 0.15) is 22.3 Å². The second kappa shape index (κ2) is 10.4. The van der Waals surface area contributed by atoms with Crippen LogP contribution in [0.4, 0.5) is 11.6 Å². The summed E-state index contributed by atoms with van der Waals surface area (Å²) in [7, 11) is 0. The van der Waals surface area contributed by atoms with Crippen molar-refractivity contribution in [1.29, 1.82) is 0 Å². The topological polar surface area (TPSA) is 96.0 Å². The molecule has 0 saturated heterocycles. The minimum absolute atomic E-state index is 0.591. The molecule has 0 amide bonds. The normalized spacial score (nSPS) is 14.8. The van der Waals surface area contributed by atoms with E-state index in [0.29, 0.717) is 46.0 Å². The highest BCUT2D eigenvalue weighted by Gasteiger charge is 2.32. The molecule has 4 aliphatic rings. The van der Waals surface area contributed by atoms with Crippen LogP contribution in [-0.2, 0) is 0 Å². The molecular formula is C48H25N9. The summed E-state index contributed by atoms with van der Waals surface area (Å²) in [6.45, 7) is 0. The molecule has 9 nitrogen and oxygen atoms in total. The molecule has 6 bridgehead atoms. The number of hydrogen-bond acceptors (Lipinski definition) is 7. The van der Waals surface area contributed by atoms with Gasteiger partial charge in [-0.25, -0.2) is 44.8 Å². The molecule has 0 spiro atoms. The van der Waals surface area contributed by atoms with Crippen molar-refractivity contribution in [2.45, 2.75) is 0 Å². The SMILES string of the molecule is c1ccc2c3c(ccc2c1)C1=Nc2c4c(ccc5ccccc54)c4n2Nn2c(c5ccc6ccccc6c5c2=NC2=NC(=N4)c4c2ccc2ccccc42)=NC3=N1. The summed E-state index contributed by atoms with van der Waals surface area (Å²) in [5.74, 6) is 3.71. The van der Waals surface area contributed by atoms with E-state index in [4.69, 9.17) is 30.0 Å². The first-order valence-corrected chi connectivity index (χ1v) is 19.0. The molecule has 1 N–H and O–H groups in total. The minimum atomic E-state index is 0.591. The van der Waals surface area contributed by atoms with Gasteiger partial charge in [0.1, 0.15) is 0 Å². The van der Waals surface area contributed by atoms with Gasteiger partial charge in [0.05, 0.1) is 0 Å². The lowest BCUT2D eigenvalue weighted by Crippen LogP contribution is -2.39. The van der Waals surface area contributed by atoms with Gasteiger partial charge >= 0.3 is 0 Å². The van der Waals surface area contributed by atoms with Crippen LogP contribution in [0, 0.1) is 0 Å². The molecule has 10 aromatic rings. The average Bonchev–Trinajstić information content (AvgIpc) is 3.97. The zero-order valence-electron chi connectivity index (χ0n) is 29.9. The molecule has 0 atom stereocenters. The number of benzene rings is 8. The number of nitrogens with zero attached hydrogens (tertiary/aromatic N) is 8. The molecule has 4 aliphatic heterocycles. The van der Waals surface area contributed by atoms with Crippen molar-refractivity contribution in [3.63, 3.8) is 0 Å². The van der Waals surface area contributed by atoms with Crippen LogP contribution in [0.15, 0.2) is 176 Å². The predicted octanol–water partition coefficient (Wildman–Crippen LogP) is 9.16. The van der Waals surface area contributed by atoms with Crippen LogP contribution >= 0.6 is 0 Å². The molecule has 6 heterocycles. The summed E-state index contributed by atoms with van der Waals surface area (Å²) in [5.41, 5.74) is 8.91. The molecule has 8 aromatic carbocycles. The van der Waals surface area contributed by atoms with Crippen molar-refractivity contribution < 1.29 is 0 Å². The lowest BCUT2D eigenvalue weighted by molar-refractivity contribution is 0.712. The predicted molar refractivity (Wildman–Crippen MR) is 229 cm³/mol. The number of nitrogens with one attached hydrogen (secondary N) is 1. The van der Waals surface area contributed by atoms with Crippen LogP contribution in [0.5, 0.6) is 0 Å². The van der Waals surface area contributed by atoms with Gasteiger partial charge in [-0.1, -0.05) is 121 Å². The van der Waals surface area contributed by atoms with Crippen molar-refractivity contribution in [3.05, 3.63) is 179 Å². The maximum absolute atomic E-state index is 5.52. The number of hydrogen-bond donors (Lipinski definition) is 1. The Labute approximate surface area is 322 Å². The van der Waals surface area contributed by atoms with E-state index in [-0.39, 0.29) is 0 Å². The third-order valence-electron chi connectivity index (χ3n) is 11.9. The van der Waals surface area contributed by atoms with E-state index < -0.39 is 0 Å². The molecule has 14 rings (SSSR count). The Morgan fingerprint density at radius 3 is 1.46 bits per heavy atom. The Balaban J connectivity index is 1.26. The van der Waals surface area contributed by atoms with Gasteiger partial charge in [-0.05, 0) is 67.4 Å². The van der Waals surface area contributed by atoms with E-state index in [9.17, 15) is 0 Å². The number of fused-ring (bicyclic) bond motifs is 22. The largest absolute Gasteiger partial charge is 0.224 e. The van der Waals surface area contributed by atoms with Gasteiger partial charge in [-0.3, -0.25) is 0 Å². The van der Waals surface area contributed by atoms with Gasteiger partial charge < -0.3 is 0 Å². The smallest absolute Gasteiger partial charge is 0.166 e. The maximum atomic E-state index is 5.52. The Hall–Kier alpha value is -8.04. The maximum Gasteiger partial charge on any atom is 0.166 e. The minimum Gasteiger partial charge on any atom is -0.224 e. The van der Waals surface area contributed by atoms with Crippen molar-refractivity contribution in [2.24, 2.45) is 30.0 Å². The van der Waals surface area contributed by atoms with E-state index in [2.05, 4.69) is 151 Å². The van der Waals surface area contributed by atoms with E-state index in [0.717, 1.165) is 86.9 Å². The first-order valence-electron chi connectivity index (χ1n) is 19.0. The monoisotopic (exact) mass is 727 g/mol. The summed E-state index contributed by atoms with van der Waals surface area (Å²) in [6, 6.07) is 50.8. The molecule has 0 aliphatic carbocycles. The highest BCUT2D eigenvalue weighted by atomic mass is 15.7. The summed E-state index contributed by atoms with van der Waals surface area (Å²) in [4.78, 5) is 32.6. The van der Waals surface area contributed by atoms with Gasteiger partial charge in [0, 0.05) is 43.8 Å². The van der Waals surface area contributed by atoms with Crippen molar-refractivity contribution in [3.8, 4) is 0 Å². The fourth-order valence-corrected chi connectivity index (χ4v) is 9.35. The fraction of sp³-hybridized carbons (Fsp3) is 0. The molecule has 57 heavy (non-hydrogen) atoms. The number of aliphatic imine (C=N–C) groups is 4. The summed E-state index contributed by atoms with van der Waals surface area (Å²) in [5, 5.41) is 12.4. The highest BCUT2D eigenvalue weighted by Crippen LogP contribution is 2.44. The second-order valence-electron chi connectivity index (χ2n) is 14.9. The quantitative estimate of drug-likeness (QED) is 0.166. The standard InChI is InChI=1S/C48H25N9/c1-5-13-29-25(9-1)17-21-33-37(29)43-49-41(33)51-47-40-32-16-8-4-12-28(32)20-24-36(40)46-54-44-38-30-14-6-2-10-26(30)18-22-34(38)42(50-44)52-48-39-31-15-7-3-11-27(31)19-23-35(39)45(53-43)56(48)55-57(46)47/h1-24,55H. The fourth-order valence-electron chi connectivity index (χ4n) is 9.35. The van der Waals surface area contributed by atoms with E-state index in [1.165, 1.54) is 0 Å². The van der Waals surface area contributed by atoms with Crippen LogP contribution in [0.2, 0.25) is 0 Å². The van der Waals surface area contributed by atoms with Crippen LogP contribution < -0.4 is 16.5 Å². The van der Waals surface area contributed by atoms with E-state index in [1.807, 2.05) is 9.35 Å². The zero-order valence-corrected chi connectivity index (χ0v) is 29.9. The third kappa shape index (κ3) is 3.77. The van der Waals surface area contributed by atoms with Crippen molar-refractivity contribution in [2.75, 3.05) is 5.53 Å². The first kappa shape index (κ1) is 29.3. The zero-order chi connectivity index (χ0) is 36.9. The molecule has 0 unspecified atom stereocenters. The van der Waals surface area contributed by atoms with E-state index in [1.54, 1.807) is 0 Å². The van der Waals surface area contributed by atoms with Crippen LogP contribution in [-0.4, -0.2) is 32.7 Å². The lowest BCUT2D eigenvalue weighted by Gasteiger charge is -2.15. The summed E-state index contributed by atoms with van der Waals surface area (Å²) in [6.07, 6.45) is 0. The van der Waals surface area contributed by atoms with Crippen molar-refractivity contribution in [1.82, 2.24) is 9.35 Å². The van der Waals surface area contributed by atoms with Crippen LogP contribution in [0.3, 0.4) is 0 Å². The first-order chi connectivity index (χ1) is 28.2. The summed E-state index contributed by atoms with van der Waals surface area (Å²) < 4.78 is 3.97. The molecule has 9 heteroatoms. The number of aromatic nitrogens is 2. The van der Waals surface area contributed by atoms with Gasteiger partial charge in [0.25, 0.3) is 0 Å². The Kier molecular flexibility index (Phi) is 5.34. The van der Waals surface area contributed by atoms with Gasteiger partial charge in [0.15, 0.2) is 46.0 Å². The highest BCUT2D eigenvalue weighted by molar-refractivity contribution is 6.30. The summed E-state index contributed by atoms with van der Waals surface area (Å²) >= 11 is 0. The molecule has 262 valence electrons. The molecule has 2 aromatic heterocycles. The number of amidine groups is 4. The van der Waals surface area contributed by atoms with Gasteiger partial charge in [-0.15, -0.1) is 0 Å². The Morgan fingerprint density at radius 2 is 0.789 bits per heavy atom. The third-order valence-corrected chi connectivity index (χ3v) is 11.9. The second-order valence-corrected chi connectivity index (χ2v) is 14.9. The van der Waals surface area contributed by atoms with Crippen LogP contribution in [0.25, 0.3) is 64.6 Å². The van der Waals surface area contributed by atoms with Crippen molar-refractivity contribution >= 4 is 99.6 Å². The molecule has 0 fully saturated rings. The average molecular weight is 728 g/mol. The van der Waals surface area contributed by atoms with Gasteiger partial charge in [-0.2, -0.15) is 0 Å². The van der Waals surface area contributed by atoms with E-state index >= 15 is 0 Å². The number of rotatable bonds is 0. The molecular weight excluding hydrogens is 703 g/mol. The Bertz CT molecular complexity index is 3840. The van der Waals surface area contributed by atoms with Gasteiger partial charge in [0.2, 0.25) is 0 Å². The Morgan fingerprint density at radius 1 is 0.316 bits per heavy atom. The lowest BCUT2D eigenvalue weighted by atomic mass is 9.99. The molecule has 0 saturated carbocycles. The molecule has 0 radical (unpaired) electrons.